The third kappa shape index (κ3) is 6.62. The molecule has 0 rings (SSSR count). The average Bonchev–Trinajstić information content (AvgIpc) is 2.01. The second kappa shape index (κ2) is 6.44. The minimum atomic E-state index is -0.398. The second-order valence-corrected chi connectivity index (χ2v) is 3.79. The van der Waals surface area contributed by atoms with E-state index in [1.54, 1.807) is 0 Å². The fraction of sp³-hybridized carbons (Fsp3) is 1.00. The fourth-order valence-electron chi connectivity index (χ4n) is 1.34. The molecule has 0 atom stereocenters. The average molecular weight is 172 g/mol. The van der Waals surface area contributed by atoms with Gasteiger partial charge in [0.25, 0.3) is 0 Å². The molecular weight excluding hydrogens is 148 g/mol. The van der Waals surface area contributed by atoms with E-state index in [-0.39, 0.29) is 0 Å². The number of rotatable bonds is 7. The SMILES string of the molecule is CCCCCC(N)(N)CCCC. The van der Waals surface area contributed by atoms with Crippen molar-refractivity contribution in [2.45, 2.75) is 64.5 Å². The van der Waals surface area contributed by atoms with Crippen LogP contribution in [0.4, 0.5) is 0 Å². The molecule has 0 bridgehead atoms. The molecule has 0 fully saturated rings. The van der Waals surface area contributed by atoms with Crippen molar-refractivity contribution in [2.24, 2.45) is 11.5 Å². The maximum atomic E-state index is 5.92. The highest BCUT2D eigenvalue weighted by atomic mass is 14.9. The Morgan fingerprint density at radius 3 is 1.83 bits per heavy atom. The molecule has 0 radical (unpaired) electrons. The predicted molar refractivity (Wildman–Crippen MR) is 54.8 cm³/mol. The molecule has 0 unspecified atom stereocenters. The first kappa shape index (κ1) is 11.9. The topological polar surface area (TPSA) is 52.0 Å². The maximum Gasteiger partial charge on any atom is 0.0636 e. The van der Waals surface area contributed by atoms with Crippen LogP contribution >= 0.6 is 0 Å². The summed E-state index contributed by atoms with van der Waals surface area (Å²) in [6.07, 6.45) is 7.94. The van der Waals surface area contributed by atoms with Crippen molar-refractivity contribution < 1.29 is 0 Å². The van der Waals surface area contributed by atoms with Gasteiger partial charge in [-0.2, -0.15) is 0 Å². The molecule has 4 N–H and O–H groups in total. The minimum Gasteiger partial charge on any atom is -0.313 e. The van der Waals surface area contributed by atoms with Crippen molar-refractivity contribution >= 4 is 0 Å². The van der Waals surface area contributed by atoms with Gasteiger partial charge in [-0.15, -0.1) is 0 Å². The molecule has 0 aromatic carbocycles. The molecule has 0 saturated carbocycles. The Bertz CT molecular complexity index is 100. The molecule has 0 aliphatic rings. The third-order valence-electron chi connectivity index (χ3n) is 2.24. The highest BCUT2D eigenvalue weighted by Gasteiger charge is 2.16. The van der Waals surface area contributed by atoms with Gasteiger partial charge in [0.1, 0.15) is 0 Å². The monoisotopic (exact) mass is 172 g/mol. The van der Waals surface area contributed by atoms with E-state index < -0.39 is 5.66 Å². The summed E-state index contributed by atoms with van der Waals surface area (Å²) in [7, 11) is 0. The van der Waals surface area contributed by atoms with Gasteiger partial charge < -0.3 is 11.5 Å². The molecule has 0 aromatic heterocycles. The summed E-state index contributed by atoms with van der Waals surface area (Å²) in [6, 6.07) is 0. The second-order valence-electron chi connectivity index (χ2n) is 3.79. The molecule has 12 heavy (non-hydrogen) atoms. The molecule has 0 aliphatic heterocycles. The van der Waals surface area contributed by atoms with Crippen LogP contribution in [0.5, 0.6) is 0 Å². The van der Waals surface area contributed by atoms with Gasteiger partial charge in [-0.1, -0.05) is 46.0 Å². The van der Waals surface area contributed by atoms with Crippen molar-refractivity contribution in [2.75, 3.05) is 0 Å². The molecule has 0 amide bonds. The Kier molecular flexibility index (Phi) is 6.39. The zero-order valence-corrected chi connectivity index (χ0v) is 8.60. The van der Waals surface area contributed by atoms with Crippen LogP contribution in [0.25, 0.3) is 0 Å². The lowest BCUT2D eigenvalue weighted by atomic mass is 9.98. The maximum absolute atomic E-state index is 5.92. The summed E-state index contributed by atoms with van der Waals surface area (Å²) in [5.74, 6) is 0. The van der Waals surface area contributed by atoms with Gasteiger partial charge in [-0.25, -0.2) is 0 Å². The number of unbranched alkanes of at least 4 members (excludes halogenated alkanes) is 3. The molecule has 0 aromatic rings. The van der Waals surface area contributed by atoms with Crippen molar-refractivity contribution in [3.63, 3.8) is 0 Å². The van der Waals surface area contributed by atoms with Crippen molar-refractivity contribution in [3.8, 4) is 0 Å². The van der Waals surface area contributed by atoms with Gasteiger partial charge in [0.2, 0.25) is 0 Å². The van der Waals surface area contributed by atoms with Crippen LogP contribution in [0.3, 0.4) is 0 Å². The summed E-state index contributed by atoms with van der Waals surface area (Å²) in [5, 5.41) is 0. The van der Waals surface area contributed by atoms with E-state index in [1.165, 1.54) is 25.7 Å². The van der Waals surface area contributed by atoms with Crippen LogP contribution in [0.15, 0.2) is 0 Å². The molecule has 0 aliphatic carbocycles. The molecule has 74 valence electrons. The molecule has 2 nitrogen and oxygen atoms in total. The van der Waals surface area contributed by atoms with Crippen LogP contribution in [-0.2, 0) is 0 Å². The van der Waals surface area contributed by atoms with Crippen molar-refractivity contribution in [3.05, 3.63) is 0 Å². The summed E-state index contributed by atoms with van der Waals surface area (Å²) in [4.78, 5) is 0. The van der Waals surface area contributed by atoms with Gasteiger partial charge in [0.05, 0.1) is 5.66 Å². The molecule has 0 spiro atoms. The van der Waals surface area contributed by atoms with Gasteiger partial charge in [0, 0.05) is 0 Å². The van der Waals surface area contributed by atoms with Gasteiger partial charge in [0.15, 0.2) is 0 Å². The minimum absolute atomic E-state index is 0.398. The summed E-state index contributed by atoms with van der Waals surface area (Å²) in [6.45, 7) is 4.36. The van der Waals surface area contributed by atoms with Crippen LogP contribution in [0.1, 0.15) is 58.8 Å². The lowest BCUT2D eigenvalue weighted by Gasteiger charge is -2.24. The van der Waals surface area contributed by atoms with E-state index in [9.17, 15) is 0 Å². The van der Waals surface area contributed by atoms with E-state index >= 15 is 0 Å². The van der Waals surface area contributed by atoms with E-state index in [1.807, 2.05) is 0 Å². The number of hydrogen-bond donors (Lipinski definition) is 2. The molecule has 2 heteroatoms. The van der Waals surface area contributed by atoms with Crippen molar-refractivity contribution in [1.82, 2.24) is 0 Å². The van der Waals surface area contributed by atoms with E-state index in [4.69, 9.17) is 11.5 Å². The standard InChI is InChI=1S/C10H24N2/c1-3-5-7-9-10(11,12)8-6-4-2/h3-9,11-12H2,1-2H3. The Morgan fingerprint density at radius 2 is 1.33 bits per heavy atom. The summed E-state index contributed by atoms with van der Waals surface area (Å²) in [5.41, 5.74) is 11.4. The first-order valence-corrected chi connectivity index (χ1v) is 5.20. The van der Waals surface area contributed by atoms with E-state index in [2.05, 4.69) is 13.8 Å². The van der Waals surface area contributed by atoms with Crippen LogP contribution < -0.4 is 11.5 Å². The molecule has 0 saturated heterocycles. The van der Waals surface area contributed by atoms with E-state index in [0.29, 0.717) is 0 Å². The third-order valence-corrected chi connectivity index (χ3v) is 2.24. The highest BCUT2D eigenvalue weighted by Crippen LogP contribution is 2.13. The van der Waals surface area contributed by atoms with Crippen LogP contribution in [0.2, 0.25) is 0 Å². The summed E-state index contributed by atoms with van der Waals surface area (Å²) >= 11 is 0. The summed E-state index contributed by atoms with van der Waals surface area (Å²) < 4.78 is 0. The first-order valence-electron chi connectivity index (χ1n) is 5.20. The largest absolute Gasteiger partial charge is 0.313 e. The quantitative estimate of drug-likeness (QED) is 0.457. The normalized spacial score (nSPS) is 12.0. The van der Waals surface area contributed by atoms with E-state index in [0.717, 1.165) is 19.3 Å². The Balaban J connectivity index is 3.42. The smallest absolute Gasteiger partial charge is 0.0636 e. The Morgan fingerprint density at radius 1 is 0.833 bits per heavy atom. The molecular formula is C10H24N2. The lowest BCUT2D eigenvalue weighted by molar-refractivity contribution is 0.353. The molecule has 0 heterocycles. The Labute approximate surface area is 76.7 Å². The number of nitrogens with two attached hydrogens (primary N) is 2. The zero-order valence-electron chi connectivity index (χ0n) is 8.60. The Hall–Kier alpha value is -0.0800. The lowest BCUT2D eigenvalue weighted by Crippen LogP contribution is -2.49. The first-order chi connectivity index (χ1) is 5.62. The van der Waals surface area contributed by atoms with Gasteiger partial charge in [-0.05, 0) is 12.8 Å². The predicted octanol–water partition coefficient (Wildman–Crippen LogP) is 2.37. The zero-order chi connectivity index (χ0) is 9.45. The van der Waals surface area contributed by atoms with Crippen LogP contribution in [0, 0.1) is 0 Å². The van der Waals surface area contributed by atoms with Gasteiger partial charge >= 0.3 is 0 Å². The van der Waals surface area contributed by atoms with Crippen LogP contribution in [-0.4, -0.2) is 5.66 Å². The number of hydrogen-bond acceptors (Lipinski definition) is 2. The van der Waals surface area contributed by atoms with Crippen molar-refractivity contribution in [1.29, 1.82) is 0 Å². The highest BCUT2D eigenvalue weighted by molar-refractivity contribution is 4.75. The van der Waals surface area contributed by atoms with Gasteiger partial charge in [-0.3, -0.25) is 0 Å². The fourth-order valence-corrected chi connectivity index (χ4v) is 1.34.